The number of benzene rings is 1. The number of ether oxygens (including phenoxy) is 1. The van der Waals surface area contributed by atoms with E-state index in [1.54, 1.807) is 24.3 Å². The first-order chi connectivity index (χ1) is 11.6. The first kappa shape index (κ1) is 16.3. The van der Waals surface area contributed by atoms with Crippen LogP contribution in [0.4, 0.5) is 0 Å². The number of likely N-dealkylation sites (tertiary alicyclic amines) is 1. The average Bonchev–Trinajstić information content (AvgIpc) is 2.76. The standard InChI is InChI=1S/C17H20N2O5/c20-14-7-3-4-8-18(14)11-15(21)19-9-10-24-13-6-2-1-5-12(13)16(19)17(22)23/h1-2,5-6,16H,3-4,7-11H2,(H,22,23). The van der Waals surface area contributed by atoms with Gasteiger partial charge in [0, 0.05) is 18.5 Å². The Kier molecular flexibility index (Phi) is 4.69. The molecule has 1 fully saturated rings. The Bertz CT molecular complexity index is 660. The Morgan fingerprint density at radius 3 is 2.75 bits per heavy atom. The van der Waals surface area contributed by atoms with Crippen molar-refractivity contribution < 1.29 is 24.2 Å². The molecule has 7 heteroatoms. The van der Waals surface area contributed by atoms with Gasteiger partial charge in [0.2, 0.25) is 11.8 Å². The molecule has 3 rings (SSSR count). The second kappa shape index (κ2) is 6.90. The second-order valence-corrected chi connectivity index (χ2v) is 5.99. The zero-order chi connectivity index (χ0) is 17.1. The first-order valence-electron chi connectivity index (χ1n) is 8.09. The normalized spacial score (nSPS) is 20.8. The van der Waals surface area contributed by atoms with Crippen LogP contribution in [0.3, 0.4) is 0 Å². The summed E-state index contributed by atoms with van der Waals surface area (Å²) < 4.78 is 5.58. The van der Waals surface area contributed by atoms with E-state index in [4.69, 9.17) is 4.74 Å². The molecule has 2 aliphatic rings. The molecular weight excluding hydrogens is 312 g/mol. The van der Waals surface area contributed by atoms with Gasteiger partial charge in [-0.05, 0) is 18.9 Å². The van der Waals surface area contributed by atoms with E-state index >= 15 is 0 Å². The molecule has 0 bridgehead atoms. The molecule has 1 aromatic carbocycles. The van der Waals surface area contributed by atoms with Crippen LogP contribution in [0, 0.1) is 0 Å². The Balaban J connectivity index is 1.84. The highest BCUT2D eigenvalue weighted by molar-refractivity contribution is 5.89. The Labute approximate surface area is 139 Å². The van der Waals surface area contributed by atoms with Crippen molar-refractivity contribution >= 4 is 17.8 Å². The Morgan fingerprint density at radius 1 is 1.21 bits per heavy atom. The lowest BCUT2D eigenvalue weighted by atomic mass is 10.0. The number of hydrogen-bond donors (Lipinski definition) is 1. The molecule has 0 saturated carbocycles. The maximum Gasteiger partial charge on any atom is 0.331 e. The van der Waals surface area contributed by atoms with Gasteiger partial charge in [0.05, 0.1) is 13.1 Å². The molecule has 1 N–H and O–H groups in total. The van der Waals surface area contributed by atoms with Crippen molar-refractivity contribution in [2.24, 2.45) is 0 Å². The molecule has 0 aromatic heterocycles. The van der Waals surface area contributed by atoms with E-state index in [-0.39, 0.29) is 31.5 Å². The fourth-order valence-electron chi connectivity index (χ4n) is 3.21. The van der Waals surface area contributed by atoms with Crippen LogP contribution < -0.4 is 4.74 Å². The number of piperidine rings is 1. The predicted molar refractivity (Wildman–Crippen MR) is 84.5 cm³/mol. The number of amides is 2. The summed E-state index contributed by atoms with van der Waals surface area (Å²) in [7, 11) is 0. The third-order valence-electron chi connectivity index (χ3n) is 4.42. The van der Waals surface area contributed by atoms with Gasteiger partial charge in [-0.1, -0.05) is 18.2 Å². The fraction of sp³-hybridized carbons (Fsp3) is 0.471. The van der Waals surface area contributed by atoms with Crippen LogP contribution in [0.25, 0.3) is 0 Å². The number of carbonyl (C=O) groups is 3. The van der Waals surface area contributed by atoms with E-state index in [0.717, 1.165) is 12.8 Å². The third kappa shape index (κ3) is 3.20. The molecule has 24 heavy (non-hydrogen) atoms. The molecule has 2 amide bonds. The number of aliphatic carboxylic acids is 1. The van der Waals surface area contributed by atoms with Crippen LogP contribution >= 0.6 is 0 Å². The SMILES string of the molecule is O=C(O)C1c2ccccc2OCCN1C(=O)CN1CCCCC1=O. The molecule has 1 aromatic rings. The van der Waals surface area contributed by atoms with Crippen LogP contribution in [0.2, 0.25) is 0 Å². The number of fused-ring (bicyclic) bond motifs is 1. The molecule has 1 unspecified atom stereocenters. The van der Waals surface area contributed by atoms with Crippen molar-refractivity contribution in [2.75, 3.05) is 26.2 Å². The average molecular weight is 332 g/mol. The van der Waals surface area contributed by atoms with E-state index in [9.17, 15) is 19.5 Å². The second-order valence-electron chi connectivity index (χ2n) is 5.99. The van der Waals surface area contributed by atoms with E-state index in [1.165, 1.54) is 9.80 Å². The summed E-state index contributed by atoms with van der Waals surface area (Å²) in [5, 5.41) is 9.66. The fourth-order valence-corrected chi connectivity index (χ4v) is 3.21. The minimum Gasteiger partial charge on any atom is -0.491 e. The number of carboxylic acids is 1. The quantitative estimate of drug-likeness (QED) is 0.894. The molecule has 2 aliphatic heterocycles. The lowest BCUT2D eigenvalue weighted by molar-refractivity contribution is -0.152. The zero-order valence-corrected chi connectivity index (χ0v) is 13.3. The number of carboxylic acid groups (broad SMARTS) is 1. The Morgan fingerprint density at radius 2 is 2.00 bits per heavy atom. The van der Waals surface area contributed by atoms with Gasteiger partial charge >= 0.3 is 5.97 Å². The zero-order valence-electron chi connectivity index (χ0n) is 13.3. The highest BCUT2D eigenvalue weighted by Gasteiger charge is 2.36. The van der Waals surface area contributed by atoms with E-state index in [1.807, 2.05) is 0 Å². The molecule has 1 saturated heterocycles. The minimum atomic E-state index is -1.11. The van der Waals surface area contributed by atoms with Crippen LogP contribution in [0.1, 0.15) is 30.9 Å². The van der Waals surface area contributed by atoms with Gasteiger partial charge < -0.3 is 19.6 Å². The number of nitrogens with zero attached hydrogens (tertiary/aromatic N) is 2. The topological polar surface area (TPSA) is 87.2 Å². The van der Waals surface area contributed by atoms with Crippen LogP contribution in [0.5, 0.6) is 5.75 Å². The molecule has 128 valence electrons. The third-order valence-corrected chi connectivity index (χ3v) is 4.42. The maximum absolute atomic E-state index is 12.7. The number of para-hydroxylation sites is 1. The highest BCUT2D eigenvalue weighted by atomic mass is 16.5. The molecule has 7 nitrogen and oxygen atoms in total. The van der Waals surface area contributed by atoms with Gasteiger partial charge in [-0.25, -0.2) is 4.79 Å². The van der Waals surface area contributed by atoms with Crippen molar-refractivity contribution in [3.8, 4) is 5.75 Å². The van der Waals surface area contributed by atoms with Crippen LogP contribution in [-0.2, 0) is 14.4 Å². The number of hydrogen-bond acceptors (Lipinski definition) is 4. The monoisotopic (exact) mass is 332 g/mol. The van der Waals surface area contributed by atoms with Gasteiger partial charge in [0.1, 0.15) is 12.4 Å². The van der Waals surface area contributed by atoms with Crippen molar-refractivity contribution in [3.05, 3.63) is 29.8 Å². The predicted octanol–water partition coefficient (Wildman–Crippen LogP) is 1.05. The summed E-state index contributed by atoms with van der Waals surface area (Å²) in [5.41, 5.74) is 0.459. The number of rotatable bonds is 3. The van der Waals surface area contributed by atoms with Crippen LogP contribution in [-0.4, -0.2) is 58.9 Å². The molecule has 0 aliphatic carbocycles. The summed E-state index contributed by atoms with van der Waals surface area (Å²) >= 11 is 0. The van der Waals surface area contributed by atoms with Gasteiger partial charge in [-0.15, -0.1) is 0 Å². The molecular formula is C17H20N2O5. The van der Waals surface area contributed by atoms with Crippen molar-refractivity contribution in [1.29, 1.82) is 0 Å². The minimum absolute atomic E-state index is 0.0482. The smallest absolute Gasteiger partial charge is 0.331 e. The van der Waals surface area contributed by atoms with Gasteiger partial charge in [0.15, 0.2) is 6.04 Å². The molecule has 0 radical (unpaired) electrons. The first-order valence-corrected chi connectivity index (χ1v) is 8.09. The van der Waals surface area contributed by atoms with Gasteiger partial charge in [0.25, 0.3) is 0 Å². The lowest BCUT2D eigenvalue weighted by Gasteiger charge is -2.31. The van der Waals surface area contributed by atoms with Crippen molar-refractivity contribution in [1.82, 2.24) is 9.80 Å². The lowest BCUT2D eigenvalue weighted by Crippen LogP contribution is -2.47. The summed E-state index contributed by atoms with van der Waals surface area (Å²) in [5.74, 6) is -1.04. The highest BCUT2D eigenvalue weighted by Crippen LogP contribution is 2.32. The van der Waals surface area contributed by atoms with Gasteiger partial charge in [-0.2, -0.15) is 0 Å². The van der Waals surface area contributed by atoms with Gasteiger partial charge in [-0.3, -0.25) is 9.59 Å². The molecule has 0 spiro atoms. The summed E-state index contributed by atoms with van der Waals surface area (Å²) in [6, 6.07) is 5.75. The summed E-state index contributed by atoms with van der Waals surface area (Å²) in [6.07, 6.45) is 2.15. The molecule has 1 atom stereocenters. The maximum atomic E-state index is 12.7. The van der Waals surface area contributed by atoms with E-state index in [0.29, 0.717) is 24.3 Å². The van der Waals surface area contributed by atoms with Crippen molar-refractivity contribution in [2.45, 2.75) is 25.3 Å². The largest absolute Gasteiger partial charge is 0.491 e. The Hall–Kier alpha value is -2.57. The number of carbonyl (C=O) groups excluding carboxylic acids is 2. The van der Waals surface area contributed by atoms with Crippen LogP contribution in [0.15, 0.2) is 24.3 Å². The van der Waals surface area contributed by atoms with E-state index < -0.39 is 12.0 Å². The summed E-state index contributed by atoms with van der Waals surface area (Å²) in [4.78, 5) is 39.2. The molecule has 2 heterocycles. The summed E-state index contributed by atoms with van der Waals surface area (Å²) in [6.45, 7) is 0.862. The van der Waals surface area contributed by atoms with E-state index in [2.05, 4.69) is 0 Å². The van der Waals surface area contributed by atoms with Crippen molar-refractivity contribution in [3.63, 3.8) is 0 Å².